The summed E-state index contributed by atoms with van der Waals surface area (Å²) < 4.78 is 0. The highest BCUT2D eigenvalue weighted by molar-refractivity contribution is 5.93. The number of carboxylic acids is 1. The summed E-state index contributed by atoms with van der Waals surface area (Å²) in [5.41, 5.74) is 0.736. The first kappa shape index (κ1) is 12.3. The van der Waals surface area contributed by atoms with Crippen molar-refractivity contribution in [2.24, 2.45) is 0 Å². The zero-order chi connectivity index (χ0) is 13.1. The molecule has 3 N–H and O–H groups in total. The smallest absolute Gasteiger partial charge is 0.335 e. The van der Waals surface area contributed by atoms with Gasteiger partial charge in [0.15, 0.2) is 0 Å². The van der Waals surface area contributed by atoms with E-state index in [1.54, 1.807) is 19.2 Å². The molecule has 2 aromatic rings. The van der Waals surface area contributed by atoms with Gasteiger partial charge in [0.1, 0.15) is 0 Å². The van der Waals surface area contributed by atoms with Gasteiger partial charge in [0.2, 0.25) is 5.95 Å². The van der Waals surface area contributed by atoms with Crippen LogP contribution >= 0.6 is 0 Å². The maximum atomic E-state index is 10.9. The highest BCUT2D eigenvalue weighted by Gasteiger charge is 2.07. The molecule has 6 nitrogen and oxygen atoms in total. The lowest BCUT2D eigenvalue weighted by Crippen LogP contribution is -2.20. The Labute approximate surface area is 103 Å². The first-order valence-electron chi connectivity index (χ1n) is 5.47. The van der Waals surface area contributed by atoms with E-state index >= 15 is 0 Å². The van der Waals surface area contributed by atoms with E-state index in [2.05, 4.69) is 15.3 Å². The molecule has 1 atom stereocenters. The van der Waals surface area contributed by atoms with Crippen molar-refractivity contribution in [2.45, 2.75) is 13.0 Å². The number of hydrogen-bond acceptors (Lipinski definition) is 5. The number of nitrogens with one attached hydrogen (secondary N) is 1. The standard InChI is InChI=1S/C12H13N3O3/c1-7(6-16)14-12-13-5-9-3-2-8(11(17)18)4-10(9)15-12/h2-5,7,16H,6H2,1H3,(H,17,18)(H,13,14,15)/t7-/m0/s1. The van der Waals surface area contributed by atoms with Gasteiger partial charge in [-0.25, -0.2) is 14.8 Å². The van der Waals surface area contributed by atoms with Crippen LogP contribution in [0.3, 0.4) is 0 Å². The lowest BCUT2D eigenvalue weighted by atomic mass is 10.1. The molecule has 2 rings (SSSR count). The van der Waals surface area contributed by atoms with E-state index in [-0.39, 0.29) is 18.2 Å². The molecule has 94 valence electrons. The largest absolute Gasteiger partial charge is 0.478 e. The number of carboxylic acid groups (broad SMARTS) is 1. The Balaban J connectivity index is 2.39. The first-order valence-corrected chi connectivity index (χ1v) is 5.47. The highest BCUT2D eigenvalue weighted by atomic mass is 16.4. The van der Waals surface area contributed by atoms with Gasteiger partial charge in [-0.2, -0.15) is 0 Å². The van der Waals surface area contributed by atoms with Crippen LogP contribution < -0.4 is 5.32 Å². The van der Waals surface area contributed by atoms with Crippen molar-refractivity contribution in [1.29, 1.82) is 0 Å². The van der Waals surface area contributed by atoms with Gasteiger partial charge in [0.25, 0.3) is 0 Å². The number of rotatable bonds is 4. The molecule has 0 saturated heterocycles. The fourth-order valence-electron chi connectivity index (χ4n) is 1.49. The number of aromatic carboxylic acids is 1. The average Bonchev–Trinajstić information content (AvgIpc) is 2.37. The van der Waals surface area contributed by atoms with Crippen molar-refractivity contribution >= 4 is 22.8 Å². The fourth-order valence-corrected chi connectivity index (χ4v) is 1.49. The summed E-state index contributed by atoms with van der Waals surface area (Å²) in [5, 5.41) is 21.5. The van der Waals surface area contributed by atoms with Crippen molar-refractivity contribution < 1.29 is 15.0 Å². The summed E-state index contributed by atoms with van der Waals surface area (Å²) in [7, 11) is 0. The van der Waals surface area contributed by atoms with E-state index in [1.165, 1.54) is 12.1 Å². The number of anilines is 1. The normalized spacial score (nSPS) is 12.3. The number of carbonyl (C=O) groups is 1. The Kier molecular flexibility index (Phi) is 3.38. The number of aromatic nitrogens is 2. The van der Waals surface area contributed by atoms with Gasteiger partial charge < -0.3 is 15.5 Å². The summed E-state index contributed by atoms with van der Waals surface area (Å²) >= 11 is 0. The first-order chi connectivity index (χ1) is 8.60. The van der Waals surface area contributed by atoms with Crippen molar-refractivity contribution in [3.8, 4) is 0 Å². The fraction of sp³-hybridized carbons (Fsp3) is 0.250. The summed E-state index contributed by atoms with van der Waals surface area (Å²) in [5.74, 6) is -0.625. The molecule has 0 aliphatic rings. The minimum Gasteiger partial charge on any atom is -0.478 e. The lowest BCUT2D eigenvalue weighted by molar-refractivity contribution is 0.0697. The zero-order valence-corrected chi connectivity index (χ0v) is 9.79. The molecule has 0 spiro atoms. The van der Waals surface area contributed by atoms with Gasteiger partial charge in [0, 0.05) is 17.6 Å². The van der Waals surface area contributed by atoms with Crippen LogP contribution in [0.4, 0.5) is 5.95 Å². The van der Waals surface area contributed by atoms with Gasteiger partial charge in [-0.3, -0.25) is 0 Å². The van der Waals surface area contributed by atoms with Gasteiger partial charge in [-0.05, 0) is 19.1 Å². The number of aliphatic hydroxyl groups is 1. The molecule has 0 amide bonds. The van der Waals surface area contributed by atoms with Crippen molar-refractivity contribution in [3.63, 3.8) is 0 Å². The molecule has 6 heteroatoms. The van der Waals surface area contributed by atoms with Crippen LogP contribution in [0.2, 0.25) is 0 Å². The maximum Gasteiger partial charge on any atom is 0.335 e. The number of benzene rings is 1. The number of hydrogen-bond donors (Lipinski definition) is 3. The molecule has 0 saturated carbocycles. The molecule has 0 bridgehead atoms. The molecule has 0 unspecified atom stereocenters. The maximum absolute atomic E-state index is 10.9. The molecular formula is C12H13N3O3. The molecular weight excluding hydrogens is 234 g/mol. The molecule has 1 aromatic carbocycles. The second-order valence-electron chi connectivity index (χ2n) is 4.00. The van der Waals surface area contributed by atoms with E-state index in [4.69, 9.17) is 10.2 Å². The van der Waals surface area contributed by atoms with Crippen LogP contribution in [-0.2, 0) is 0 Å². The molecule has 0 aliphatic carbocycles. The second kappa shape index (κ2) is 4.97. The van der Waals surface area contributed by atoms with Gasteiger partial charge in [-0.15, -0.1) is 0 Å². The second-order valence-corrected chi connectivity index (χ2v) is 4.00. The third-order valence-electron chi connectivity index (χ3n) is 2.48. The molecule has 1 aromatic heterocycles. The molecule has 0 fully saturated rings. The molecule has 18 heavy (non-hydrogen) atoms. The molecule has 0 aliphatic heterocycles. The van der Waals surface area contributed by atoms with Crippen LogP contribution in [-0.4, -0.2) is 38.8 Å². The number of fused-ring (bicyclic) bond motifs is 1. The Bertz CT molecular complexity index is 586. The van der Waals surface area contributed by atoms with Gasteiger partial charge >= 0.3 is 5.97 Å². The van der Waals surface area contributed by atoms with Crippen molar-refractivity contribution in [2.75, 3.05) is 11.9 Å². The van der Waals surface area contributed by atoms with E-state index in [9.17, 15) is 4.79 Å². The van der Waals surface area contributed by atoms with Crippen LogP contribution in [0, 0.1) is 0 Å². The molecule has 0 radical (unpaired) electrons. The Morgan fingerprint density at radius 3 is 2.94 bits per heavy atom. The topological polar surface area (TPSA) is 95.3 Å². The van der Waals surface area contributed by atoms with Crippen molar-refractivity contribution in [1.82, 2.24) is 9.97 Å². The van der Waals surface area contributed by atoms with Crippen molar-refractivity contribution in [3.05, 3.63) is 30.0 Å². The van der Waals surface area contributed by atoms with Crippen LogP contribution in [0.1, 0.15) is 17.3 Å². The number of aliphatic hydroxyl groups excluding tert-OH is 1. The number of nitrogens with zero attached hydrogens (tertiary/aromatic N) is 2. The van der Waals surface area contributed by atoms with Crippen LogP contribution in [0.25, 0.3) is 10.9 Å². The Morgan fingerprint density at radius 1 is 1.50 bits per heavy atom. The van der Waals surface area contributed by atoms with Crippen LogP contribution in [0.15, 0.2) is 24.4 Å². The predicted molar refractivity (Wildman–Crippen MR) is 66.7 cm³/mol. The van der Waals surface area contributed by atoms with Crippen LogP contribution in [0.5, 0.6) is 0 Å². The summed E-state index contributed by atoms with van der Waals surface area (Å²) in [6.45, 7) is 1.76. The average molecular weight is 247 g/mol. The monoisotopic (exact) mass is 247 g/mol. The zero-order valence-electron chi connectivity index (χ0n) is 9.79. The van der Waals surface area contributed by atoms with Gasteiger partial charge in [0.05, 0.1) is 17.7 Å². The quantitative estimate of drug-likeness (QED) is 0.749. The summed E-state index contributed by atoms with van der Waals surface area (Å²) in [6.07, 6.45) is 1.61. The summed E-state index contributed by atoms with van der Waals surface area (Å²) in [6, 6.07) is 4.51. The third-order valence-corrected chi connectivity index (χ3v) is 2.48. The van der Waals surface area contributed by atoms with E-state index in [1.807, 2.05) is 0 Å². The highest BCUT2D eigenvalue weighted by Crippen LogP contribution is 2.15. The van der Waals surface area contributed by atoms with E-state index < -0.39 is 5.97 Å². The Morgan fingerprint density at radius 2 is 2.28 bits per heavy atom. The molecule has 1 heterocycles. The predicted octanol–water partition coefficient (Wildman–Crippen LogP) is 1.12. The lowest BCUT2D eigenvalue weighted by Gasteiger charge is -2.10. The Hall–Kier alpha value is -2.21. The van der Waals surface area contributed by atoms with E-state index in [0.717, 1.165) is 5.39 Å². The van der Waals surface area contributed by atoms with Gasteiger partial charge in [-0.1, -0.05) is 6.07 Å². The SMILES string of the molecule is C[C@@H](CO)Nc1ncc2ccc(C(=O)O)cc2n1. The third kappa shape index (κ3) is 2.54. The van der Waals surface area contributed by atoms with E-state index in [0.29, 0.717) is 11.5 Å². The minimum atomic E-state index is -0.992. The summed E-state index contributed by atoms with van der Waals surface area (Å²) in [4.78, 5) is 19.2. The minimum absolute atomic E-state index is 0.0312.